The van der Waals surface area contributed by atoms with E-state index in [-0.39, 0.29) is 0 Å². The van der Waals surface area contributed by atoms with E-state index < -0.39 is 0 Å². The van der Waals surface area contributed by atoms with Crippen LogP contribution in [0.1, 0.15) is 0 Å². The van der Waals surface area contributed by atoms with Crippen LogP contribution in [0.5, 0.6) is 0 Å². The standard InChI is InChI=1S/C52H35N3/c1-2-18-39(19-3-1)53(48-30-13-16-36-15-4-5-23-43(36)48)40-20-12-17-37(33-40)38-31-32-52-47(34-38)46-26-8-11-29-51(46)55(52)42-22-14-21-41(35-42)54-49-27-9-6-24-44(49)45-25-7-10-28-50(45)54/h1-35H. The van der Waals surface area contributed by atoms with Gasteiger partial charge in [0, 0.05) is 49.7 Å². The molecule has 0 aliphatic rings. The second kappa shape index (κ2) is 12.6. The van der Waals surface area contributed by atoms with E-state index in [4.69, 9.17) is 0 Å². The Balaban J connectivity index is 1.06. The summed E-state index contributed by atoms with van der Waals surface area (Å²) in [4.78, 5) is 2.38. The molecule has 0 N–H and O–H groups in total. The summed E-state index contributed by atoms with van der Waals surface area (Å²) in [5.41, 5.74) is 12.8. The van der Waals surface area contributed by atoms with Crippen molar-refractivity contribution >= 4 is 71.4 Å². The molecule has 0 aliphatic heterocycles. The van der Waals surface area contributed by atoms with Gasteiger partial charge in [0.1, 0.15) is 0 Å². The van der Waals surface area contributed by atoms with Gasteiger partial charge in [-0.25, -0.2) is 0 Å². The lowest BCUT2D eigenvalue weighted by atomic mass is 10.0. The molecule has 258 valence electrons. The van der Waals surface area contributed by atoms with Gasteiger partial charge in [-0.2, -0.15) is 0 Å². The summed E-state index contributed by atoms with van der Waals surface area (Å²) in [5.74, 6) is 0. The van der Waals surface area contributed by atoms with Crippen molar-refractivity contribution in [1.82, 2.24) is 9.13 Å². The molecule has 11 aromatic rings. The first kappa shape index (κ1) is 31.2. The van der Waals surface area contributed by atoms with Crippen LogP contribution in [-0.4, -0.2) is 9.13 Å². The van der Waals surface area contributed by atoms with Crippen LogP contribution in [-0.2, 0) is 0 Å². The molecule has 0 spiro atoms. The highest BCUT2D eigenvalue weighted by molar-refractivity contribution is 6.11. The maximum Gasteiger partial charge on any atom is 0.0541 e. The minimum absolute atomic E-state index is 1.12. The third kappa shape index (κ3) is 5.05. The molecule has 9 aromatic carbocycles. The van der Waals surface area contributed by atoms with Gasteiger partial charge in [-0.15, -0.1) is 0 Å². The van der Waals surface area contributed by atoms with Gasteiger partial charge in [-0.05, 0) is 95.4 Å². The molecule has 0 radical (unpaired) electrons. The summed E-state index contributed by atoms with van der Waals surface area (Å²) in [6.45, 7) is 0. The molecule has 55 heavy (non-hydrogen) atoms. The lowest BCUT2D eigenvalue weighted by molar-refractivity contribution is 1.13. The zero-order valence-corrected chi connectivity index (χ0v) is 30.0. The van der Waals surface area contributed by atoms with E-state index in [0.717, 1.165) is 28.4 Å². The maximum atomic E-state index is 2.42. The van der Waals surface area contributed by atoms with Crippen LogP contribution in [0.2, 0.25) is 0 Å². The lowest BCUT2D eigenvalue weighted by Crippen LogP contribution is -2.10. The number of hydrogen-bond acceptors (Lipinski definition) is 1. The van der Waals surface area contributed by atoms with E-state index in [2.05, 4.69) is 226 Å². The number of para-hydroxylation sites is 4. The van der Waals surface area contributed by atoms with Crippen LogP contribution < -0.4 is 4.90 Å². The number of fused-ring (bicyclic) bond motifs is 7. The summed E-state index contributed by atoms with van der Waals surface area (Å²) in [5, 5.41) is 7.44. The molecule has 11 rings (SSSR count). The average molecular weight is 702 g/mol. The van der Waals surface area contributed by atoms with Crippen molar-refractivity contribution in [3.05, 3.63) is 212 Å². The fourth-order valence-electron chi connectivity index (χ4n) is 8.63. The quantitative estimate of drug-likeness (QED) is 0.168. The van der Waals surface area contributed by atoms with Crippen LogP contribution in [0.3, 0.4) is 0 Å². The lowest BCUT2D eigenvalue weighted by Gasteiger charge is -2.27. The minimum atomic E-state index is 1.12. The third-order valence-corrected chi connectivity index (χ3v) is 11.1. The Morgan fingerprint density at radius 2 is 0.782 bits per heavy atom. The van der Waals surface area contributed by atoms with E-state index in [1.165, 1.54) is 65.5 Å². The van der Waals surface area contributed by atoms with Crippen molar-refractivity contribution in [2.24, 2.45) is 0 Å². The molecule has 0 unspecified atom stereocenters. The third-order valence-electron chi connectivity index (χ3n) is 11.1. The monoisotopic (exact) mass is 701 g/mol. The fourth-order valence-corrected chi connectivity index (χ4v) is 8.63. The van der Waals surface area contributed by atoms with E-state index in [1.54, 1.807) is 0 Å². The summed E-state index contributed by atoms with van der Waals surface area (Å²) in [7, 11) is 0. The predicted octanol–water partition coefficient (Wildman–Crippen LogP) is 14.2. The van der Waals surface area contributed by atoms with Gasteiger partial charge < -0.3 is 14.0 Å². The molecule has 0 fully saturated rings. The summed E-state index contributed by atoms with van der Waals surface area (Å²) >= 11 is 0. The molecule has 0 amide bonds. The van der Waals surface area contributed by atoms with Crippen LogP contribution >= 0.6 is 0 Å². The van der Waals surface area contributed by atoms with E-state index in [1.807, 2.05) is 0 Å². The summed E-state index contributed by atoms with van der Waals surface area (Å²) in [6.07, 6.45) is 0. The normalized spacial score (nSPS) is 11.6. The molecule has 0 saturated heterocycles. The highest BCUT2D eigenvalue weighted by Gasteiger charge is 2.18. The minimum Gasteiger partial charge on any atom is -0.310 e. The molecule has 0 saturated carbocycles. The Kier molecular flexibility index (Phi) is 7.17. The number of aromatic nitrogens is 2. The number of benzene rings is 9. The summed E-state index contributed by atoms with van der Waals surface area (Å²) < 4.78 is 4.81. The highest BCUT2D eigenvalue weighted by Crippen LogP contribution is 2.41. The first-order chi connectivity index (χ1) is 27.3. The van der Waals surface area contributed by atoms with Gasteiger partial charge in [0.15, 0.2) is 0 Å². The van der Waals surface area contributed by atoms with Crippen LogP contribution in [0.15, 0.2) is 212 Å². The second-order valence-corrected chi connectivity index (χ2v) is 14.2. The first-order valence-corrected chi connectivity index (χ1v) is 18.9. The Hall–Kier alpha value is -7.36. The molecule has 0 bridgehead atoms. The highest BCUT2D eigenvalue weighted by atomic mass is 15.1. The van der Waals surface area contributed by atoms with Gasteiger partial charge in [0.05, 0.1) is 27.8 Å². The topological polar surface area (TPSA) is 13.1 Å². The smallest absolute Gasteiger partial charge is 0.0541 e. The zero-order chi connectivity index (χ0) is 36.3. The van der Waals surface area contributed by atoms with E-state index >= 15 is 0 Å². The largest absolute Gasteiger partial charge is 0.310 e. The Morgan fingerprint density at radius 3 is 1.47 bits per heavy atom. The Bertz CT molecular complexity index is 3160. The SMILES string of the molecule is c1ccc(N(c2cccc(-c3ccc4c(c3)c3ccccc3n4-c3cccc(-n4c5ccccc5c5ccccc54)c3)c2)c2cccc3ccccc23)cc1. The molecule has 2 heterocycles. The average Bonchev–Trinajstić information content (AvgIpc) is 3.77. The van der Waals surface area contributed by atoms with Crippen molar-refractivity contribution in [2.75, 3.05) is 4.90 Å². The molecule has 0 atom stereocenters. The maximum absolute atomic E-state index is 2.42. The molecule has 3 nitrogen and oxygen atoms in total. The van der Waals surface area contributed by atoms with Crippen LogP contribution in [0.25, 0.3) is 76.9 Å². The zero-order valence-electron chi connectivity index (χ0n) is 30.0. The fraction of sp³-hybridized carbons (Fsp3) is 0. The van der Waals surface area contributed by atoms with Crippen molar-refractivity contribution in [3.8, 4) is 22.5 Å². The number of nitrogens with zero attached hydrogens (tertiary/aromatic N) is 3. The first-order valence-electron chi connectivity index (χ1n) is 18.9. The number of rotatable bonds is 6. The molecule has 0 aliphatic carbocycles. The van der Waals surface area contributed by atoms with Crippen molar-refractivity contribution in [3.63, 3.8) is 0 Å². The Morgan fingerprint density at radius 1 is 0.291 bits per heavy atom. The molecular weight excluding hydrogens is 667 g/mol. The van der Waals surface area contributed by atoms with Crippen molar-refractivity contribution in [2.45, 2.75) is 0 Å². The molecule has 3 heteroatoms. The van der Waals surface area contributed by atoms with Crippen molar-refractivity contribution < 1.29 is 0 Å². The van der Waals surface area contributed by atoms with Gasteiger partial charge in [0.25, 0.3) is 0 Å². The second-order valence-electron chi connectivity index (χ2n) is 14.2. The van der Waals surface area contributed by atoms with Gasteiger partial charge in [-0.3, -0.25) is 0 Å². The van der Waals surface area contributed by atoms with Crippen molar-refractivity contribution in [1.29, 1.82) is 0 Å². The number of anilines is 3. The summed E-state index contributed by atoms with van der Waals surface area (Å²) in [6, 6.07) is 76.9. The van der Waals surface area contributed by atoms with Gasteiger partial charge in [-0.1, -0.05) is 133 Å². The van der Waals surface area contributed by atoms with E-state index in [0.29, 0.717) is 0 Å². The molecule has 2 aromatic heterocycles. The van der Waals surface area contributed by atoms with Crippen LogP contribution in [0.4, 0.5) is 17.1 Å². The predicted molar refractivity (Wildman–Crippen MR) is 233 cm³/mol. The Labute approximate surface area is 319 Å². The van der Waals surface area contributed by atoms with E-state index in [9.17, 15) is 0 Å². The van der Waals surface area contributed by atoms with Crippen LogP contribution in [0, 0.1) is 0 Å². The van der Waals surface area contributed by atoms with Gasteiger partial charge >= 0.3 is 0 Å². The molecular formula is C52H35N3. The van der Waals surface area contributed by atoms with Gasteiger partial charge in [0.2, 0.25) is 0 Å². The number of hydrogen-bond donors (Lipinski definition) is 0.